The van der Waals surface area contributed by atoms with Crippen LogP contribution < -0.4 is 0 Å². The molecule has 30 heavy (non-hydrogen) atoms. The Bertz CT molecular complexity index is 1050. The minimum Gasteiger partial charge on any atom is -0.671 e. The molecule has 0 N–H and O–H groups in total. The molecule has 2 atom stereocenters. The first-order valence-corrected chi connectivity index (χ1v) is 10.7. The molecule has 148 valence electrons. The third-order valence-electron chi connectivity index (χ3n) is 7.77. The van der Waals surface area contributed by atoms with Gasteiger partial charge in [-0.1, -0.05) is 86.8 Å². The maximum absolute atomic E-state index is 4.20. The predicted octanol–water partition coefficient (Wildman–Crippen LogP) is 7.23. The maximum Gasteiger partial charge on any atom is 0.0309 e. The molecule has 2 nitrogen and oxygen atoms in total. The summed E-state index contributed by atoms with van der Waals surface area (Å²) in [6.07, 6.45) is 35.2. The smallest absolute Gasteiger partial charge is 0.0309 e. The first-order valence-electron chi connectivity index (χ1n) is 10.7. The lowest BCUT2D eigenvalue weighted by atomic mass is 9.46. The molecule has 0 spiro atoms. The standard InChI is InChI=1S/C28H24N2/c1-27-23-3-5-25-17-22(20-9-13-30-14-10-20)18-26(28(25,27)2)6-4-24(27)16-21(15-23)19-7-11-29-12-8-19/h3-20H,1-2H3/q-2. The number of nitrogens with zero attached hydrogens (tertiary/aromatic N) is 2. The molecule has 2 heterocycles. The van der Waals surface area contributed by atoms with Crippen molar-refractivity contribution in [3.05, 3.63) is 142 Å². The summed E-state index contributed by atoms with van der Waals surface area (Å²) < 4.78 is 0. The Kier molecular flexibility index (Phi) is 3.59. The van der Waals surface area contributed by atoms with E-state index in [1.54, 1.807) is 0 Å². The van der Waals surface area contributed by atoms with E-state index >= 15 is 0 Å². The summed E-state index contributed by atoms with van der Waals surface area (Å²) in [5, 5.41) is 8.40. The minimum absolute atomic E-state index is 0.0662. The van der Waals surface area contributed by atoms with Crippen molar-refractivity contribution in [3.63, 3.8) is 0 Å². The second-order valence-electron chi connectivity index (χ2n) is 9.03. The van der Waals surface area contributed by atoms with Gasteiger partial charge in [0.15, 0.2) is 0 Å². The van der Waals surface area contributed by atoms with Crippen LogP contribution in [0.25, 0.3) is 10.6 Å². The third kappa shape index (κ3) is 2.19. The van der Waals surface area contributed by atoms with Crippen LogP contribution in [0.1, 0.15) is 13.8 Å². The van der Waals surface area contributed by atoms with E-state index in [0.29, 0.717) is 0 Å². The van der Waals surface area contributed by atoms with Gasteiger partial charge in [0.05, 0.1) is 0 Å². The minimum atomic E-state index is -0.0662. The summed E-state index contributed by atoms with van der Waals surface area (Å²) in [5.74, 6) is 0.578. The van der Waals surface area contributed by atoms with Gasteiger partial charge in [0.25, 0.3) is 0 Å². The number of rotatable bonds is 2. The Balaban J connectivity index is 1.51. The zero-order chi connectivity index (χ0) is 20.3. The van der Waals surface area contributed by atoms with Gasteiger partial charge in [0.1, 0.15) is 0 Å². The molecule has 6 aliphatic rings. The van der Waals surface area contributed by atoms with E-state index in [-0.39, 0.29) is 22.7 Å². The fourth-order valence-corrected chi connectivity index (χ4v) is 5.71. The van der Waals surface area contributed by atoms with E-state index < -0.39 is 0 Å². The molecule has 2 unspecified atom stereocenters. The number of allylic oxidation sites excluding steroid dienone is 18. The van der Waals surface area contributed by atoms with E-state index in [1.165, 1.54) is 33.4 Å². The summed E-state index contributed by atoms with van der Waals surface area (Å²) in [5.41, 5.74) is 8.13. The molecule has 0 saturated heterocycles. The van der Waals surface area contributed by atoms with Crippen LogP contribution in [0.15, 0.2) is 131 Å². The number of hydrogen-bond donors (Lipinski definition) is 0. The van der Waals surface area contributed by atoms with Crippen molar-refractivity contribution in [2.24, 2.45) is 22.7 Å². The maximum atomic E-state index is 4.20. The highest BCUT2D eigenvalue weighted by atomic mass is 14.8. The molecule has 0 aromatic heterocycles. The van der Waals surface area contributed by atoms with Crippen LogP contribution >= 0.6 is 0 Å². The lowest BCUT2D eigenvalue weighted by Gasteiger charge is -2.56. The van der Waals surface area contributed by atoms with Crippen LogP contribution in [0.2, 0.25) is 0 Å². The van der Waals surface area contributed by atoms with Crippen molar-refractivity contribution in [3.8, 4) is 0 Å². The van der Waals surface area contributed by atoms with E-state index in [0.717, 1.165) is 0 Å². The zero-order valence-electron chi connectivity index (χ0n) is 17.3. The molecule has 0 saturated carbocycles. The SMILES string of the molecule is CC12C3=CC=C4C=C(C5C=C[N-]C=C5)C=C(C=CC1=CC(C1C=C[N-]C=C1)=C3)C42C. The third-order valence-corrected chi connectivity index (χ3v) is 7.77. The first-order chi connectivity index (χ1) is 14.6. The van der Waals surface area contributed by atoms with Gasteiger partial charge < -0.3 is 10.6 Å². The Morgan fingerprint density at radius 3 is 1.37 bits per heavy atom. The van der Waals surface area contributed by atoms with Crippen LogP contribution in [0, 0.1) is 22.7 Å². The zero-order valence-corrected chi connectivity index (χ0v) is 17.3. The summed E-state index contributed by atoms with van der Waals surface area (Å²) in [7, 11) is 0. The number of hydrogen-bond acceptors (Lipinski definition) is 0. The molecule has 2 heteroatoms. The van der Waals surface area contributed by atoms with Gasteiger partial charge in [0.2, 0.25) is 0 Å². The molecule has 2 aliphatic heterocycles. The van der Waals surface area contributed by atoms with Crippen molar-refractivity contribution in [1.82, 2.24) is 0 Å². The van der Waals surface area contributed by atoms with Crippen LogP contribution in [0.3, 0.4) is 0 Å². The topological polar surface area (TPSA) is 28.2 Å². The van der Waals surface area contributed by atoms with Crippen LogP contribution in [0.4, 0.5) is 0 Å². The quantitative estimate of drug-likeness (QED) is 0.477. The molecule has 6 rings (SSSR count). The van der Waals surface area contributed by atoms with Gasteiger partial charge in [-0.05, 0) is 33.4 Å². The predicted molar refractivity (Wildman–Crippen MR) is 124 cm³/mol. The Morgan fingerprint density at radius 1 is 0.567 bits per heavy atom. The molecule has 4 aliphatic carbocycles. The lowest BCUT2D eigenvalue weighted by Crippen LogP contribution is -2.47. The molecule has 0 aromatic carbocycles. The summed E-state index contributed by atoms with van der Waals surface area (Å²) in [4.78, 5) is 0. The van der Waals surface area contributed by atoms with Crippen molar-refractivity contribution in [2.45, 2.75) is 13.8 Å². The van der Waals surface area contributed by atoms with Gasteiger partial charge >= 0.3 is 0 Å². The highest BCUT2D eigenvalue weighted by Gasteiger charge is 2.56. The average Bonchev–Trinajstić information content (AvgIpc) is 2.79. The fourth-order valence-electron chi connectivity index (χ4n) is 5.71. The normalized spacial score (nSPS) is 33.4. The molecule has 0 amide bonds. The Morgan fingerprint density at radius 2 is 0.967 bits per heavy atom. The Hall–Kier alpha value is -3.26. The highest BCUT2D eigenvalue weighted by Crippen LogP contribution is 2.66. The molecular formula is C28H24N2-2. The van der Waals surface area contributed by atoms with Gasteiger partial charge in [-0.3, -0.25) is 0 Å². The van der Waals surface area contributed by atoms with Crippen molar-refractivity contribution in [1.29, 1.82) is 0 Å². The van der Waals surface area contributed by atoms with Crippen molar-refractivity contribution in [2.75, 3.05) is 0 Å². The second kappa shape index (κ2) is 6.12. The lowest BCUT2D eigenvalue weighted by molar-refractivity contribution is 0.247. The van der Waals surface area contributed by atoms with Crippen molar-refractivity contribution < 1.29 is 0 Å². The molecule has 0 radical (unpaired) electrons. The highest BCUT2D eigenvalue weighted by molar-refractivity contribution is 5.69. The molecule has 0 aromatic rings. The average molecular weight is 389 g/mol. The van der Waals surface area contributed by atoms with E-state index in [4.69, 9.17) is 0 Å². The van der Waals surface area contributed by atoms with E-state index in [2.05, 4.69) is 97.4 Å². The molecule has 0 bridgehead atoms. The summed E-state index contributed by atoms with van der Waals surface area (Å²) in [6, 6.07) is 0. The van der Waals surface area contributed by atoms with Gasteiger partial charge in [0, 0.05) is 22.7 Å². The first kappa shape index (κ1) is 17.6. The van der Waals surface area contributed by atoms with Gasteiger partial charge in [-0.25, -0.2) is 0 Å². The summed E-state index contributed by atoms with van der Waals surface area (Å²) in [6.45, 7) is 4.84. The largest absolute Gasteiger partial charge is 0.671 e. The van der Waals surface area contributed by atoms with Crippen LogP contribution in [-0.4, -0.2) is 0 Å². The Labute approximate surface area is 178 Å². The molecule has 0 fully saturated rings. The van der Waals surface area contributed by atoms with Crippen molar-refractivity contribution >= 4 is 0 Å². The molecular weight excluding hydrogens is 364 g/mol. The fraction of sp³-hybridized carbons (Fsp3) is 0.214. The van der Waals surface area contributed by atoms with E-state index in [1.807, 2.05) is 24.8 Å². The summed E-state index contributed by atoms with van der Waals surface area (Å²) >= 11 is 0. The van der Waals surface area contributed by atoms with Gasteiger partial charge in [-0.2, -0.15) is 24.8 Å². The van der Waals surface area contributed by atoms with Crippen LogP contribution in [-0.2, 0) is 0 Å². The monoisotopic (exact) mass is 388 g/mol. The van der Waals surface area contributed by atoms with E-state index in [9.17, 15) is 0 Å². The second-order valence-corrected chi connectivity index (χ2v) is 9.03. The van der Waals surface area contributed by atoms with Gasteiger partial charge in [-0.15, -0.1) is 0 Å². The van der Waals surface area contributed by atoms with Crippen LogP contribution in [0.5, 0.6) is 0 Å².